The minimum atomic E-state index is 0.0185. The molecule has 3 rings (SSSR count). The van der Waals surface area contributed by atoms with E-state index in [0.717, 1.165) is 31.7 Å². The van der Waals surface area contributed by atoms with Crippen LogP contribution in [-0.2, 0) is 12.0 Å². The van der Waals surface area contributed by atoms with Crippen LogP contribution in [0.3, 0.4) is 0 Å². The van der Waals surface area contributed by atoms with Gasteiger partial charge in [0.05, 0.1) is 0 Å². The highest BCUT2D eigenvalue weighted by Crippen LogP contribution is 2.45. The van der Waals surface area contributed by atoms with Crippen molar-refractivity contribution in [3.8, 4) is 0 Å². The molecule has 0 spiro atoms. The number of nitrogens with zero attached hydrogens (tertiary/aromatic N) is 1. The van der Waals surface area contributed by atoms with E-state index in [1.54, 1.807) is 7.05 Å². The van der Waals surface area contributed by atoms with E-state index in [1.165, 1.54) is 16.8 Å². The van der Waals surface area contributed by atoms with Crippen LogP contribution >= 0.6 is 0 Å². The topological polar surface area (TPSA) is 44.4 Å². The Morgan fingerprint density at radius 2 is 2.21 bits per heavy atom. The molecule has 0 bridgehead atoms. The third-order valence-corrected chi connectivity index (χ3v) is 4.19. The molecule has 102 valence electrons. The zero-order valence-electron chi connectivity index (χ0n) is 11.8. The van der Waals surface area contributed by atoms with E-state index in [2.05, 4.69) is 35.4 Å². The van der Waals surface area contributed by atoms with Gasteiger partial charge in [-0.05, 0) is 17.2 Å². The van der Waals surface area contributed by atoms with Crippen molar-refractivity contribution in [1.82, 2.24) is 10.6 Å². The lowest BCUT2D eigenvalue weighted by atomic mass is 9.82. The molecule has 4 heteroatoms. The molecule has 2 aliphatic heterocycles. The number of hydrogen-bond acceptors (Lipinski definition) is 3. The SMILES string of the molecule is CNC(=O)c1ccc2c3c1C(C)(C)CN3CCNC2. The molecule has 0 saturated heterocycles. The van der Waals surface area contributed by atoms with E-state index in [-0.39, 0.29) is 11.3 Å². The number of amides is 1. The second-order valence-corrected chi connectivity index (χ2v) is 6.06. The summed E-state index contributed by atoms with van der Waals surface area (Å²) in [5, 5.41) is 6.20. The standard InChI is InChI=1S/C15H21N3O/c1-15(2)9-18-7-6-17-8-10-4-5-11(14(19)16-3)12(15)13(10)18/h4-5,17H,6-9H2,1-3H3,(H,16,19). The summed E-state index contributed by atoms with van der Waals surface area (Å²) in [6.07, 6.45) is 0. The van der Waals surface area contributed by atoms with Gasteiger partial charge in [-0.25, -0.2) is 0 Å². The van der Waals surface area contributed by atoms with Crippen molar-refractivity contribution >= 4 is 11.6 Å². The van der Waals surface area contributed by atoms with Crippen molar-refractivity contribution in [3.05, 3.63) is 28.8 Å². The minimum absolute atomic E-state index is 0.0185. The van der Waals surface area contributed by atoms with Gasteiger partial charge in [0.2, 0.25) is 0 Å². The lowest BCUT2D eigenvalue weighted by Gasteiger charge is -2.22. The van der Waals surface area contributed by atoms with Gasteiger partial charge in [0.25, 0.3) is 5.91 Å². The van der Waals surface area contributed by atoms with Gasteiger partial charge < -0.3 is 15.5 Å². The van der Waals surface area contributed by atoms with Gasteiger partial charge in [-0.1, -0.05) is 19.9 Å². The van der Waals surface area contributed by atoms with Crippen molar-refractivity contribution in [2.75, 3.05) is 31.6 Å². The quantitative estimate of drug-likeness (QED) is 0.798. The molecular formula is C15H21N3O. The molecule has 0 fully saturated rings. The second kappa shape index (κ2) is 4.23. The molecule has 4 nitrogen and oxygen atoms in total. The predicted octanol–water partition coefficient (Wildman–Crippen LogP) is 1.25. The summed E-state index contributed by atoms with van der Waals surface area (Å²) >= 11 is 0. The normalized spacial score (nSPS) is 19.8. The Hall–Kier alpha value is -1.55. The van der Waals surface area contributed by atoms with E-state index in [4.69, 9.17) is 0 Å². The van der Waals surface area contributed by atoms with Crippen LogP contribution < -0.4 is 15.5 Å². The summed E-state index contributed by atoms with van der Waals surface area (Å²) < 4.78 is 0. The molecular weight excluding hydrogens is 238 g/mol. The molecule has 0 radical (unpaired) electrons. The lowest BCUT2D eigenvalue weighted by molar-refractivity contribution is 0.0961. The van der Waals surface area contributed by atoms with Crippen LogP contribution in [0.2, 0.25) is 0 Å². The zero-order chi connectivity index (χ0) is 13.6. The summed E-state index contributed by atoms with van der Waals surface area (Å²) in [6, 6.07) is 4.07. The van der Waals surface area contributed by atoms with Crippen molar-refractivity contribution in [2.45, 2.75) is 25.8 Å². The van der Waals surface area contributed by atoms with E-state index < -0.39 is 0 Å². The molecule has 0 aromatic heterocycles. The van der Waals surface area contributed by atoms with Crippen LogP contribution in [0.1, 0.15) is 35.3 Å². The number of carbonyl (C=O) groups excluding carboxylic acids is 1. The highest BCUT2D eigenvalue weighted by Gasteiger charge is 2.40. The van der Waals surface area contributed by atoms with Crippen molar-refractivity contribution in [3.63, 3.8) is 0 Å². The Kier molecular flexibility index (Phi) is 2.78. The molecule has 2 N–H and O–H groups in total. The lowest BCUT2D eigenvalue weighted by Crippen LogP contribution is -2.33. The molecule has 0 unspecified atom stereocenters. The Labute approximate surface area is 114 Å². The highest BCUT2D eigenvalue weighted by atomic mass is 16.1. The first-order valence-corrected chi connectivity index (χ1v) is 6.89. The molecule has 19 heavy (non-hydrogen) atoms. The summed E-state index contributed by atoms with van der Waals surface area (Å²) in [5.41, 5.74) is 4.68. The molecule has 0 atom stereocenters. The average Bonchev–Trinajstić information content (AvgIpc) is 2.54. The Balaban J connectivity index is 2.24. The minimum Gasteiger partial charge on any atom is -0.369 e. The van der Waals surface area contributed by atoms with Crippen LogP contribution in [0.5, 0.6) is 0 Å². The largest absolute Gasteiger partial charge is 0.369 e. The van der Waals surface area contributed by atoms with Gasteiger partial charge in [-0.2, -0.15) is 0 Å². The fourth-order valence-electron chi connectivity index (χ4n) is 3.41. The van der Waals surface area contributed by atoms with Gasteiger partial charge in [-0.3, -0.25) is 4.79 Å². The van der Waals surface area contributed by atoms with Gasteiger partial charge in [-0.15, -0.1) is 0 Å². The number of anilines is 1. The summed E-state index contributed by atoms with van der Waals surface area (Å²) in [5.74, 6) is 0.0185. The maximum absolute atomic E-state index is 12.1. The van der Waals surface area contributed by atoms with Crippen molar-refractivity contribution < 1.29 is 4.79 Å². The van der Waals surface area contributed by atoms with Crippen LogP contribution in [0, 0.1) is 0 Å². The van der Waals surface area contributed by atoms with E-state index in [1.807, 2.05) is 6.07 Å². The Morgan fingerprint density at radius 1 is 1.42 bits per heavy atom. The molecule has 1 aromatic carbocycles. The fourth-order valence-corrected chi connectivity index (χ4v) is 3.41. The van der Waals surface area contributed by atoms with Gasteiger partial charge in [0.1, 0.15) is 0 Å². The molecule has 2 heterocycles. The van der Waals surface area contributed by atoms with Crippen molar-refractivity contribution in [1.29, 1.82) is 0 Å². The molecule has 2 aliphatic rings. The molecule has 0 saturated carbocycles. The third-order valence-electron chi connectivity index (χ3n) is 4.19. The fraction of sp³-hybridized carbons (Fsp3) is 0.533. The maximum atomic E-state index is 12.1. The average molecular weight is 259 g/mol. The summed E-state index contributed by atoms with van der Waals surface area (Å²) in [7, 11) is 1.70. The van der Waals surface area contributed by atoms with Crippen LogP contribution in [0.4, 0.5) is 5.69 Å². The van der Waals surface area contributed by atoms with Crippen LogP contribution in [-0.4, -0.2) is 32.6 Å². The van der Waals surface area contributed by atoms with Gasteiger partial charge in [0.15, 0.2) is 0 Å². The van der Waals surface area contributed by atoms with E-state index in [9.17, 15) is 4.79 Å². The van der Waals surface area contributed by atoms with E-state index >= 15 is 0 Å². The van der Waals surface area contributed by atoms with Crippen LogP contribution in [0.15, 0.2) is 12.1 Å². The zero-order valence-corrected chi connectivity index (χ0v) is 11.8. The first-order valence-electron chi connectivity index (χ1n) is 6.89. The Bertz CT molecular complexity index is 536. The maximum Gasteiger partial charge on any atom is 0.251 e. The Morgan fingerprint density at radius 3 is 2.95 bits per heavy atom. The highest BCUT2D eigenvalue weighted by molar-refractivity contribution is 5.98. The van der Waals surface area contributed by atoms with Crippen LogP contribution in [0.25, 0.3) is 0 Å². The molecule has 0 aliphatic carbocycles. The first-order chi connectivity index (χ1) is 9.04. The summed E-state index contributed by atoms with van der Waals surface area (Å²) in [4.78, 5) is 14.6. The third kappa shape index (κ3) is 1.82. The summed E-state index contributed by atoms with van der Waals surface area (Å²) in [6.45, 7) is 8.36. The smallest absolute Gasteiger partial charge is 0.251 e. The van der Waals surface area contributed by atoms with Gasteiger partial charge >= 0.3 is 0 Å². The number of benzene rings is 1. The van der Waals surface area contributed by atoms with E-state index in [0.29, 0.717) is 0 Å². The number of nitrogens with one attached hydrogen (secondary N) is 2. The molecule has 1 amide bonds. The second-order valence-electron chi connectivity index (χ2n) is 6.06. The molecule has 1 aromatic rings. The number of rotatable bonds is 1. The number of carbonyl (C=O) groups is 1. The van der Waals surface area contributed by atoms with Crippen molar-refractivity contribution in [2.24, 2.45) is 0 Å². The number of hydrogen-bond donors (Lipinski definition) is 2. The van der Waals surface area contributed by atoms with Gasteiger partial charge in [0, 0.05) is 49.9 Å². The predicted molar refractivity (Wildman–Crippen MR) is 76.8 cm³/mol. The first kappa shape index (κ1) is 12.5. The monoisotopic (exact) mass is 259 g/mol.